The number of hydrogen-bond acceptors (Lipinski definition) is 5. The Morgan fingerprint density at radius 1 is 1.32 bits per heavy atom. The first-order chi connectivity index (χ1) is 10.6. The van der Waals surface area contributed by atoms with Crippen molar-refractivity contribution in [1.29, 1.82) is 0 Å². The van der Waals surface area contributed by atoms with Gasteiger partial charge in [-0.1, -0.05) is 5.16 Å². The summed E-state index contributed by atoms with van der Waals surface area (Å²) in [4.78, 5) is 16.2. The molecule has 0 atom stereocenters. The van der Waals surface area contributed by atoms with Crippen LogP contribution in [0.25, 0.3) is 0 Å². The first-order valence-corrected chi connectivity index (χ1v) is 7.51. The van der Waals surface area contributed by atoms with Gasteiger partial charge in [-0.25, -0.2) is 4.98 Å². The third-order valence-electron chi connectivity index (χ3n) is 3.45. The summed E-state index contributed by atoms with van der Waals surface area (Å²) in [5.41, 5.74) is 2.62. The maximum absolute atomic E-state index is 12.0. The molecule has 0 radical (unpaired) electrons. The summed E-state index contributed by atoms with van der Waals surface area (Å²) in [6.45, 7) is 7.26. The monoisotopic (exact) mass is 302 g/mol. The largest absolute Gasteiger partial charge is 0.370 e. The van der Waals surface area contributed by atoms with Crippen LogP contribution >= 0.6 is 0 Å². The third kappa shape index (κ3) is 4.07. The maximum atomic E-state index is 12.0. The number of nitrogens with zero attached hydrogens (tertiary/aromatic N) is 2. The first kappa shape index (κ1) is 16.0. The highest BCUT2D eigenvalue weighted by molar-refractivity contribution is 5.94. The summed E-state index contributed by atoms with van der Waals surface area (Å²) < 4.78 is 5.12. The van der Waals surface area contributed by atoms with E-state index in [1.807, 2.05) is 26.8 Å². The van der Waals surface area contributed by atoms with E-state index in [0.29, 0.717) is 12.1 Å². The van der Waals surface area contributed by atoms with Gasteiger partial charge in [0.1, 0.15) is 11.6 Å². The molecule has 0 aliphatic heterocycles. The van der Waals surface area contributed by atoms with Crippen LogP contribution in [0.5, 0.6) is 0 Å². The Morgan fingerprint density at radius 3 is 2.73 bits per heavy atom. The van der Waals surface area contributed by atoms with E-state index in [1.54, 1.807) is 12.3 Å². The molecule has 1 amide bonds. The van der Waals surface area contributed by atoms with E-state index in [-0.39, 0.29) is 5.91 Å². The van der Waals surface area contributed by atoms with Crippen LogP contribution in [0.3, 0.4) is 0 Å². The van der Waals surface area contributed by atoms with E-state index < -0.39 is 0 Å². The molecular weight excluding hydrogens is 280 g/mol. The molecule has 0 spiro atoms. The topological polar surface area (TPSA) is 80.0 Å². The van der Waals surface area contributed by atoms with Gasteiger partial charge in [0, 0.05) is 24.8 Å². The Hall–Kier alpha value is -2.37. The van der Waals surface area contributed by atoms with Crippen LogP contribution < -0.4 is 10.6 Å². The van der Waals surface area contributed by atoms with Crippen molar-refractivity contribution in [2.75, 3.05) is 18.4 Å². The lowest BCUT2D eigenvalue weighted by Crippen LogP contribution is -2.25. The van der Waals surface area contributed by atoms with Crippen molar-refractivity contribution in [3.63, 3.8) is 0 Å². The number of rotatable bonds is 7. The highest BCUT2D eigenvalue weighted by atomic mass is 16.5. The van der Waals surface area contributed by atoms with E-state index in [2.05, 4.69) is 20.8 Å². The van der Waals surface area contributed by atoms with Crippen molar-refractivity contribution >= 4 is 11.7 Å². The highest BCUT2D eigenvalue weighted by Crippen LogP contribution is 2.13. The average Bonchev–Trinajstić information content (AvgIpc) is 2.84. The van der Waals surface area contributed by atoms with Crippen LogP contribution in [0.15, 0.2) is 22.9 Å². The normalized spacial score (nSPS) is 10.5. The molecule has 0 saturated carbocycles. The molecule has 0 aliphatic rings. The number of amides is 1. The third-order valence-corrected chi connectivity index (χ3v) is 3.45. The van der Waals surface area contributed by atoms with Crippen molar-refractivity contribution in [2.45, 2.75) is 33.6 Å². The van der Waals surface area contributed by atoms with Gasteiger partial charge < -0.3 is 15.2 Å². The SMILES string of the molecule is CCNc1ccc(C(=O)NCCCc2c(C)noc2C)cn1. The van der Waals surface area contributed by atoms with Crippen molar-refractivity contribution < 1.29 is 9.32 Å². The molecule has 6 heteroatoms. The number of carbonyl (C=O) groups is 1. The molecule has 0 fully saturated rings. The highest BCUT2D eigenvalue weighted by Gasteiger charge is 2.09. The molecule has 2 N–H and O–H groups in total. The van der Waals surface area contributed by atoms with Crippen molar-refractivity contribution in [3.8, 4) is 0 Å². The number of carbonyl (C=O) groups excluding carboxylic acids is 1. The van der Waals surface area contributed by atoms with E-state index in [4.69, 9.17) is 4.52 Å². The fraction of sp³-hybridized carbons (Fsp3) is 0.438. The van der Waals surface area contributed by atoms with E-state index in [9.17, 15) is 4.79 Å². The lowest BCUT2D eigenvalue weighted by molar-refractivity contribution is 0.0953. The summed E-state index contributed by atoms with van der Waals surface area (Å²) in [7, 11) is 0. The molecule has 2 heterocycles. The number of hydrogen-bond donors (Lipinski definition) is 2. The standard InChI is InChI=1S/C16H22N4O2/c1-4-17-15-8-7-13(10-19-15)16(21)18-9-5-6-14-11(2)20-22-12(14)3/h7-8,10H,4-6,9H2,1-3H3,(H,17,19)(H,18,21). The van der Waals surface area contributed by atoms with Crippen LogP contribution in [0.2, 0.25) is 0 Å². The van der Waals surface area contributed by atoms with Gasteiger partial charge >= 0.3 is 0 Å². The molecule has 0 aliphatic carbocycles. The minimum Gasteiger partial charge on any atom is -0.370 e. The number of anilines is 1. The smallest absolute Gasteiger partial charge is 0.252 e. The Balaban J connectivity index is 1.78. The van der Waals surface area contributed by atoms with Crippen molar-refractivity contribution in [1.82, 2.24) is 15.5 Å². The second-order valence-electron chi connectivity index (χ2n) is 5.12. The molecule has 2 aromatic rings. The second-order valence-corrected chi connectivity index (χ2v) is 5.12. The Kier molecular flexibility index (Phi) is 5.52. The van der Waals surface area contributed by atoms with Gasteiger partial charge in [0.25, 0.3) is 5.91 Å². The van der Waals surface area contributed by atoms with Crippen LogP contribution in [0.1, 0.15) is 40.7 Å². The van der Waals surface area contributed by atoms with E-state index in [0.717, 1.165) is 42.2 Å². The maximum Gasteiger partial charge on any atom is 0.252 e. The Bertz CT molecular complexity index is 600. The molecule has 118 valence electrons. The molecule has 0 saturated heterocycles. The van der Waals surface area contributed by atoms with Gasteiger partial charge in [-0.15, -0.1) is 0 Å². The van der Waals surface area contributed by atoms with E-state index >= 15 is 0 Å². The summed E-state index contributed by atoms with van der Waals surface area (Å²) in [5.74, 6) is 1.53. The Labute approximate surface area is 130 Å². The fourth-order valence-corrected chi connectivity index (χ4v) is 2.24. The average molecular weight is 302 g/mol. The lowest BCUT2D eigenvalue weighted by Gasteiger charge is -2.06. The zero-order valence-corrected chi connectivity index (χ0v) is 13.3. The summed E-state index contributed by atoms with van der Waals surface area (Å²) in [5, 5.41) is 9.92. The molecule has 2 rings (SSSR count). The van der Waals surface area contributed by atoms with Gasteiger partial charge in [0.05, 0.1) is 11.3 Å². The molecule has 0 aromatic carbocycles. The minimum absolute atomic E-state index is 0.102. The van der Waals surface area contributed by atoms with Crippen molar-refractivity contribution in [3.05, 3.63) is 40.9 Å². The van der Waals surface area contributed by atoms with Gasteiger partial charge in [-0.05, 0) is 45.7 Å². The van der Waals surface area contributed by atoms with Gasteiger partial charge in [0.15, 0.2) is 0 Å². The fourth-order valence-electron chi connectivity index (χ4n) is 2.24. The molecule has 22 heavy (non-hydrogen) atoms. The van der Waals surface area contributed by atoms with Gasteiger partial charge in [-0.3, -0.25) is 4.79 Å². The quantitative estimate of drug-likeness (QED) is 0.768. The lowest BCUT2D eigenvalue weighted by atomic mass is 10.1. The number of aryl methyl sites for hydroxylation is 2. The Morgan fingerprint density at radius 2 is 2.14 bits per heavy atom. The summed E-state index contributed by atoms with van der Waals surface area (Å²) in [6.07, 6.45) is 3.28. The molecular formula is C16H22N4O2. The summed E-state index contributed by atoms with van der Waals surface area (Å²) in [6, 6.07) is 3.58. The van der Waals surface area contributed by atoms with Crippen LogP contribution in [-0.2, 0) is 6.42 Å². The summed E-state index contributed by atoms with van der Waals surface area (Å²) >= 11 is 0. The van der Waals surface area contributed by atoms with Crippen LogP contribution in [0.4, 0.5) is 5.82 Å². The molecule has 2 aromatic heterocycles. The zero-order chi connectivity index (χ0) is 15.9. The minimum atomic E-state index is -0.102. The number of pyridine rings is 1. The number of aromatic nitrogens is 2. The van der Waals surface area contributed by atoms with Crippen LogP contribution in [0, 0.1) is 13.8 Å². The first-order valence-electron chi connectivity index (χ1n) is 7.51. The van der Waals surface area contributed by atoms with Crippen LogP contribution in [-0.4, -0.2) is 29.1 Å². The zero-order valence-electron chi connectivity index (χ0n) is 13.3. The van der Waals surface area contributed by atoms with E-state index in [1.165, 1.54) is 0 Å². The van der Waals surface area contributed by atoms with Gasteiger partial charge in [0.2, 0.25) is 0 Å². The molecule has 0 bridgehead atoms. The predicted molar refractivity (Wildman–Crippen MR) is 85.0 cm³/mol. The van der Waals surface area contributed by atoms with Gasteiger partial charge in [-0.2, -0.15) is 0 Å². The predicted octanol–water partition coefficient (Wildman–Crippen LogP) is 2.48. The second kappa shape index (κ2) is 7.59. The molecule has 6 nitrogen and oxygen atoms in total. The molecule has 0 unspecified atom stereocenters. The number of nitrogens with one attached hydrogen (secondary N) is 2. The van der Waals surface area contributed by atoms with Crippen molar-refractivity contribution in [2.24, 2.45) is 0 Å².